The second-order valence-corrected chi connectivity index (χ2v) is 11.6. The van der Waals surface area contributed by atoms with E-state index in [1.54, 1.807) is 0 Å². The van der Waals surface area contributed by atoms with Crippen molar-refractivity contribution in [2.45, 2.75) is 63.0 Å². The number of hydrogen-bond acceptors (Lipinski definition) is 4. The van der Waals surface area contributed by atoms with E-state index < -0.39 is 48.2 Å². The zero-order chi connectivity index (χ0) is 29.5. The van der Waals surface area contributed by atoms with E-state index in [4.69, 9.17) is 16.3 Å². The molecule has 5 rings (SSSR count). The fourth-order valence-electron chi connectivity index (χ4n) is 5.65. The van der Waals surface area contributed by atoms with Gasteiger partial charge in [0.25, 0.3) is 5.91 Å². The Morgan fingerprint density at radius 2 is 1.76 bits per heavy atom. The van der Waals surface area contributed by atoms with Crippen molar-refractivity contribution in [2.24, 2.45) is 5.92 Å². The highest BCUT2D eigenvalue weighted by Crippen LogP contribution is 2.45. The number of likely N-dealkylation sites (tertiary alicyclic amines) is 2. The maximum absolute atomic E-state index is 15.1. The lowest BCUT2D eigenvalue weighted by Gasteiger charge is -2.32. The third-order valence-electron chi connectivity index (χ3n) is 8.02. The van der Waals surface area contributed by atoms with E-state index in [2.05, 4.69) is 4.90 Å². The first-order valence-electron chi connectivity index (χ1n) is 13.6. The summed E-state index contributed by atoms with van der Waals surface area (Å²) in [5.74, 6) is -2.45. The molecule has 222 valence electrons. The molecular formula is C29H30ClF5N2O4. The van der Waals surface area contributed by atoms with Crippen LogP contribution in [0.2, 0.25) is 5.02 Å². The number of ether oxygens (including phenoxy) is 1. The summed E-state index contributed by atoms with van der Waals surface area (Å²) in [5, 5.41) is 9.42. The number of piperidine rings is 1. The summed E-state index contributed by atoms with van der Waals surface area (Å²) < 4.78 is 74.5. The lowest BCUT2D eigenvalue weighted by molar-refractivity contribution is -0.141. The largest absolute Gasteiger partial charge is 0.493 e. The number of alkyl halides is 4. The normalized spacial score (nSPS) is 22.2. The van der Waals surface area contributed by atoms with Gasteiger partial charge in [-0.25, -0.2) is 13.6 Å². The van der Waals surface area contributed by atoms with E-state index in [1.165, 1.54) is 12.1 Å². The maximum Gasteiger partial charge on any atom is 0.416 e. The van der Waals surface area contributed by atoms with Crippen LogP contribution < -0.4 is 4.74 Å². The number of rotatable bonds is 8. The molecule has 2 saturated heterocycles. The Balaban J connectivity index is 1.20. The van der Waals surface area contributed by atoms with Crippen LogP contribution in [0.5, 0.6) is 5.75 Å². The molecule has 6 nitrogen and oxygen atoms in total. The first kappa shape index (κ1) is 29.6. The molecule has 2 atom stereocenters. The van der Waals surface area contributed by atoms with Crippen molar-refractivity contribution in [3.8, 4) is 5.75 Å². The van der Waals surface area contributed by atoms with Crippen molar-refractivity contribution in [2.75, 3.05) is 26.2 Å². The van der Waals surface area contributed by atoms with Gasteiger partial charge in [-0.3, -0.25) is 9.69 Å². The van der Waals surface area contributed by atoms with Gasteiger partial charge in [-0.2, -0.15) is 13.2 Å². The van der Waals surface area contributed by atoms with Gasteiger partial charge in [-0.15, -0.1) is 0 Å². The van der Waals surface area contributed by atoms with Crippen LogP contribution in [0, 0.1) is 11.7 Å². The molecule has 0 spiro atoms. The predicted molar refractivity (Wildman–Crippen MR) is 140 cm³/mol. The van der Waals surface area contributed by atoms with Crippen molar-refractivity contribution in [1.82, 2.24) is 9.80 Å². The Labute approximate surface area is 239 Å². The minimum absolute atomic E-state index is 0.0401. The second-order valence-electron chi connectivity index (χ2n) is 11.2. The summed E-state index contributed by atoms with van der Waals surface area (Å²) in [5.41, 5.74) is 0.104. The molecule has 0 radical (unpaired) electrons. The summed E-state index contributed by atoms with van der Waals surface area (Å²) in [6, 6.07) is 4.80. The zero-order valence-electron chi connectivity index (χ0n) is 22.1. The number of carbonyl (C=O) groups excluding carboxylic acids is 1. The Morgan fingerprint density at radius 1 is 1.05 bits per heavy atom. The van der Waals surface area contributed by atoms with Crippen LogP contribution in [0.3, 0.4) is 0 Å². The second kappa shape index (κ2) is 11.8. The van der Waals surface area contributed by atoms with Crippen LogP contribution >= 0.6 is 11.6 Å². The molecule has 1 amide bonds. The highest BCUT2D eigenvalue weighted by atomic mass is 35.5. The smallest absolute Gasteiger partial charge is 0.416 e. The molecule has 41 heavy (non-hydrogen) atoms. The van der Waals surface area contributed by atoms with Crippen LogP contribution in [0.1, 0.15) is 65.1 Å². The van der Waals surface area contributed by atoms with E-state index >= 15 is 4.39 Å². The minimum atomic E-state index is -4.47. The third-order valence-corrected chi connectivity index (χ3v) is 8.23. The van der Waals surface area contributed by atoms with Crippen molar-refractivity contribution in [3.63, 3.8) is 0 Å². The summed E-state index contributed by atoms with van der Waals surface area (Å²) in [7, 11) is 0. The third kappa shape index (κ3) is 6.94. The molecular weight excluding hydrogens is 571 g/mol. The molecule has 3 aliphatic rings. The zero-order valence-corrected chi connectivity index (χ0v) is 22.9. The first-order valence-corrected chi connectivity index (χ1v) is 14.0. The molecule has 2 aromatic rings. The molecule has 1 aliphatic carbocycles. The van der Waals surface area contributed by atoms with E-state index in [0.717, 1.165) is 48.8 Å². The van der Waals surface area contributed by atoms with Crippen molar-refractivity contribution in [1.29, 1.82) is 0 Å². The number of aliphatic carboxylic acids is 1. The first-order chi connectivity index (χ1) is 19.4. The Hall–Kier alpha value is -2.92. The number of carboxylic acid groups (broad SMARTS) is 1. The Kier molecular flexibility index (Phi) is 8.48. The number of benzene rings is 2. The number of carboxylic acids is 1. The van der Waals surface area contributed by atoms with Gasteiger partial charge in [0.2, 0.25) is 0 Å². The monoisotopic (exact) mass is 600 g/mol. The van der Waals surface area contributed by atoms with Gasteiger partial charge in [-0.05, 0) is 86.0 Å². The summed E-state index contributed by atoms with van der Waals surface area (Å²) in [6.07, 6.45) is -3.11. The Bertz CT molecular complexity index is 1310. The number of halogens is 6. The van der Waals surface area contributed by atoms with Gasteiger partial charge >= 0.3 is 12.1 Å². The lowest BCUT2D eigenvalue weighted by Crippen LogP contribution is -2.41. The van der Waals surface area contributed by atoms with Crippen LogP contribution in [0.15, 0.2) is 30.3 Å². The van der Waals surface area contributed by atoms with Crippen molar-refractivity contribution >= 4 is 23.5 Å². The highest BCUT2D eigenvalue weighted by Gasteiger charge is 2.41. The molecule has 0 bridgehead atoms. The fraction of sp³-hybridized carbons (Fsp3) is 0.517. The summed E-state index contributed by atoms with van der Waals surface area (Å²) >= 11 is 5.91. The number of amides is 1. The predicted octanol–water partition coefficient (Wildman–Crippen LogP) is 6.30. The Morgan fingerprint density at radius 3 is 2.39 bits per heavy atom. The molecule has 2 aromatic carbocycles. The number of carbonyl (C=O) groups is 2. The van der Waals surface area contributed by atoms with Crippen LogP contribution in [0.4, 0.5) is 22.0 Å². The van der Waals surface area contributed by atoms with Gasteiger partial charge in [-0.1, -0.05) is 11.6 Å². The van der Waals surface area contributed by atoms with Crippen LogP contribution in [0.25, 0.3) is 0 Å². The molecule has 2 heterocycles. The van der Waals surface area contributed by atoms with E-state index in [-0.39, 0.29) is 28.8 Å². The van der Waals surface area contributed by atoms with Crippen LogP contribution in [-0.2, 0) is 17.5 Å². The highest BCUT2D eigenvalue weighted by molar-refractivity contribution is 6.30. The molecule has 12 heteroatoms. The van der Waals surface area contributed by atoms with E-state index in [0.29, 0.717) is 43.1 Å². The van der Waals surface area contributed by atoms with Gasteiger partial charge in [0.1, 0.15) is 23.8 Å². The molecule has 0 unspecified atom stereocenters. The molecule has 0 aromatic heterocycles. The average Bonchev–Trinajstić information content (AvgIpc) is 3.67. The standard InChI is InChI=1S/C29H30ClF5N2O4/c30-20-8-17(7-19(9-20)29(33,34)35)13-36-5-3-16(4-6-36)15-41-26-12-24(32)23(11-22(26)18-1-2-18)27(38)37-14-21(31)10-25(37)28(39)40/h7-9,11-12,16,18,21,25H,1-6,10,13-15H2,(H,39,40)/t21-,25-/m0/s1. The van der Waals surface area contributed by atoms with Crippen molar-refractivity contribution < 1.29 is 41.4 Å². The molecule has 3 fully saturated rings. The molecule has 1 N–H and O–H groups in total. The molecule has 2 aliphatic heterocycles. The van der Waals surface area contributed by atoms with Crippen LogP contribution in [-0.4, -0.2) is 65.2 Å². The van der Waals surface area contributed by atoms with Crippen molar-refractivity contribution in [3.05, 3.63) is 63.4 Å². The van der Waals surface area contributed by atoms with E-state index in [9.17, 15) is 32.3 Å². The average molecular weight is 601 g/mol. The summed E-state index contributed by atoms with van der Waals surface area (Å²) in [6.45, 7) is 1.55. The minimum Gasteiger partial charge on any atom is -0.493 e. The lowest BCUT2D eigenvalue weighted by atomic mass is 9.97. The maximum atomic E-state index is 15.1. The van der Waals surface area contributed by atoms with Gasteiger partial charge in [0.05, 0.1) is 24.3 Å². The quantitative estimate of drug-likeness (QED) is 0.360. The molecule has 1 saturated carbocycles. The van der Waals surface area contributed by atoms with Gasteiger partial charge in [0, 0.05) is 24.1 Å². The number of hydrogen-bond donors (Lipinski definition) is 1. The SMILES string of the molecule is O=C(O)[C@@H]1C[C@H](F)CN1C(=O)c1cc(C2CC2)c(OCC2CCN(Cc3cc(Cl)cc(C(F)(F)F)c3)CC2)cc1F. The van der Waals surface area contributed by atoms with Gasteiger partial charge < -0.3 is 14.7 Å². The number of nitrogens with zero attached hydrogens (tertiary/aromatic N) is 2. The van der Waals surface area contributed by atoms with E-state index in [1.807, 2.05) is 0 Å². The summed E-state index contributed by atoms with van der Waals surface area (Å²) in [4.78, 5) is 27.5. The fourth-order valence-corrected chi connectivity index (χ4v) is 5.91. The topological polar surface area (TPSA) is 70.1 Å². The van der Waals surface area contributed by atoms with Gasteiger partial charge in [0.15, 0.2) is 0 Å².